The molecule has 1 saturated heterocycles. The zero-order chi connectivity index (χ0) is 25.1. The maximum atomic E-state index is 13.4. The Kier molecular flexibility index (Phi) is 7.30. The summed E-state index contributed by atoms with van der Waals surface area (Å²) >= 11 is 0. The van der Waals surface area contributed by atoms with E-state index in [1.165, 1.54) is 4.90 Å². The van der Waals surface area contributed by atoms with Crippen molar-refractivity contribution in [2.75, 3.05) is 57.5 Å². The number of fused-ring (bicyclic) bond motifs is 1. The van der Waals surface area contributed by atoms with Crippen molar-refractivity contribution in [1.29, 1.82) is 0 Å². The molecule has 4 rings (SSSR count). The van der Waals surface area contributed by atoms with Crippen molar-refractivity contribution in [2.45, 2.75) is 32.7 Å². The van der Waals surface area contributed by atoms with Gasteiger partial charge in [-0.1, -0.05) is 13.8 Å². The Hall–Kier alpha value is -3.53. The van der Waals surface area contributed by atoms with Gasteiger partial charge in [0.05, 0.1) is 11.9 Å². The normalized spacial score (nSPS) is 14.5. The summed E-state index contributed by atoms with van der Waals surface area (Å²) in [6.07, 6.45) is 4.92. The van der Waals surface area contributed by atoms with Gasteiger partial charge in [-0.15, -0.1) is 0 Å². The number of carbonyl (C=O) groups is 1. The van der Waals surface area contributed by atoms with Crippen LogP contribution in [0, 0.1) is 0 Å². The molecule has 0 aromatic carbocycles. The first kappa shape index (κ1) is 24.6. The second kappa shape index (κ2) is 10.4. The number of amides is 1. The van der Waals surface area contributed by atoms with Crippen LogP contribution in [0.15, 0.2) is 35.4 Å². The molecule has 3 aromatic heterocycles. The smallest absolute Gasteiger partial charge is 0.265 e. The molecular formula is C25H36N8O2. The number of nitrogens with zero attached hydrogens (tertiary/aromatic N) is 7. The summed E-state index contributed by atoms with van der Waals surface area (Å²) in [6, 6.07) is 5.47. The molecule has 10 nitrogen and oxygen atoms in total. The second-order valence-corrected chi connectivity index (χ2v) is 9.20. The number of piperazine rings is 1. The van der Waals surface area contributed by atoms with E-state index in [0.717, 1.165) is 50.5 Å². The minimum atomic E-state index is -0.328. The van der Waals surface area contributed by atoms with E-state index in [0.29, 0.717) is 17.0 Å². The van der Waals surface area contributed by atoms with E-state index in [1.807, 2.05) is 26.0 Å². The monoisotopic (exact) mass is 480 g/mol. The number of hydrogen-bond donors (Lipinski definition) is 1. The third-order valence-electron chi connectivity index (χ3n) is 6.55. The molecule has 35 heavy (non-hydrogen) atoms. The van der Waals surface area contributed by atoms with Crippen molar-refractivity contribution >= 4 is 34.4 Å². The lowest BCUT2D eigenvalue weighted by atomic mass is 10.1. The molecule has 3 aromatic rings. The van der Waals surface area contributed by atoms with Crippen LogP contribution in [0.5, 0.6) is 0 Å². The Bertz CT molecular complexity index is 1250. The van der Waals surface area contributed by atoms with Gasteiger partial charge in [0, 0.05) is 59.3 Å². The topological polar surface area (TPSA) is 99.5 Å². The average Bonchev–Trinajstić information content (AvgIpc) is 2.86. The molecular weight excluding hydrogens is 444 g/mol. The van der Waals surface area contributed by atoms with E-state index >= 15 is 0 Å². The van der Waals surface area contributed by atoms with E-state index in [2.05, 4.69) is 37.1 Å². The van der Waals surface area contributed by atoms with Gasteiger partial charge in [0.1, 0.15) is 17.0 Å². The molecule has 0 aliphatic carbocycles. The third kappa shape index (κ3) is 5.12. The highest BCUT2D eigenvalue weighted by Crippen LogP contribution is 2.23. The molecule has 1 fully saturated rings. The first-order valence-corrected chi connectivity index (χ1v) is 12.1. The zero-order valence-electron chi connectivity index (χ0n) is 21.2. The van der Waals surface area contributed by atoms with E-state index in [4.69, 9.17) is 0 Å². The number of rotatable bonds is 7. The van der Waals surface area contributed by atoms with Crippen molar-refractivity contribution in [2.24, 2.45) is 0 Å². The standard InChI is InChI=1S/C25H34N8O2.H2/c1-6-19(7-2)33-22-17(14-20(24(33)35)23(34)30(3)4)15-27-25(29-22)28-18-8-9-21(26-16-18)32-12-10-31(5)11-13-32;/h8-9,14-16,19H,6-7,10-13H2,1-5H3,(H,27,28,29);1H. The molecule has 0 atom stereocenters. The first-order valence-electron chi connectivity index (χ1n) is 12.1. The van der Waals surface area contributed by atoms with Crippen LogP contribution in [-0.2, 0) is 0 Å². The van der Waals surface area contributed by atoms with Gasteiger partial charge in [-0.3, -0.25) is 14.2 Å². The van der Waals surface area contributed by atoms with Gasteiger partial charge in [0.2, 0.25) is 5.95 Å². The van der Waals surface area contributed by atoms with Gasteiger partial charge in [0.25, 0.3) is 11.5 Å². The lowest BCUT2D eigenvalue weighted by molar-refractivity contribution is 0.0825. The number of carbonyl (C=O) groups excluding carboxylic acids is 1. The van der Waals surface area contributed by atoms with Gasteiger partial charge < -0.3 is 20.0 Å². The fraction of sp³-hybridized carbons (Fsp3) is 0.480. The summed E-state index contributed by atoms with van der Waals surface area (Å²) in [5, 5.41) is 3.86. The number of anilines is 3. The molecule has 0 radical (unpaired) electrons. The second-order valence-electron chi connectivity index (χ2n) is 9.20. The first-order chi connectivity index (χ1) is 16.8. The Labute approximate surface area is 207 Å². The highest BCUT2D eigenvalue weighted by molar-refractivity contribution is 5.96. The molecule has 0 bridgehead atoms. The summed E-state index contributed by atoms with van der Waals surface area (Å²) in [7, 11) is 5.41. The molecule has 1 amide bonds. The lowest BCUT2D eigenvalue weighted by Crippen LogP contribution is -2.44. The van der Waals surface area contributed by atoms with E-state index in [-0.39, 0.29) is 24.5 Å². The molecule has 0 unspecified atom stereocenters. The highest BCUT2D eigenvalue weighted by Gasteiger charge is 2.22. The van der Waals surface area contributed by atoms with Gasteiger partial charge in [0.15, 0.2) is 0 Å². The summed E-state index contributed by atoms with van der Waals surface area (Å²) in [5.41, 5.74) is 1.08. The SMILES string of the molecule is CCC(CC)n1c(=O)c(C(=O)N(C)C)cc2cnc(Nc3ccc(N4CCN(C)CC4)nc3)nc21.[HH]. The zero-order valence-corrected chi connectivity index (χ0v) is 21.2. The molecule has 0 spiro atoms. The number of hydrogen-bond acceptors (Lipinski definition) is 8. The van der Waals surface area contributed by atoms with Crippen LogP contribution in [0.3, 0.4) is 0 Å². The summed E-state index contributed by atoms with van der Waals surface area (Å²) < 4.78 is 1.65. The lowest BCUT2D eigenvalue weighted by Gasteiger charge is -2.33. The predicted molar refractivity (Wildman–Crippen MR) is 141 cm³/mol. The Morgan fingerprint density at radius 1 is 1.11 bits per heavy atom. The van der Waals surface area contributed by atoms with Crippen LogP contribution in [0.2, 0.25) is 0 Å². The van der Waals surface area contributed by atoms with Crippen LogP contribution in [-0.4, -0.2) is 82.5 Å². The fourth-order valence-electron chi connectivity index (χ4n) is 4.38. The van der Waals surface area contributed by atoms with Gasteiger partial charge in [-0.2, -0.15) is 4.98 Å². The number of aromatic nitrogens is 4. The van der Waals surface area contributed by atoms with E-state index in [9.17, 15) is 9.59 Å². The average molecular weight is 481 g/mol. The number of likely N-dealkylation sites (N-methyl/N-ethyl adjacent to an activating group) is 1. The molecule has 188 valence electrons. The van der Waals surface area contributed by atoms with Gasteiger partial charge in [-0.05, 0) is 38.1 Å². The summed E-state index contributed by atoms with van der Waals surface area (Å²) in [5.74, 6) is 0.992. The minimum absolute atomic E-state index is 0. The van der Waals surface area contributed by atoms with E-state index < -0.39 is 0 Å². The minimum Gasteiger partial charge on any atom is -0.354 e. The van der Waals surface area contributed by atoms with Crippen LogP contribution >= 0.6 is 0 Å². The number of nitrogens with one attached hydrogen (secondary N) is 1. The summed E-state index contributed by atoms with van der Waals surface area (Å²) in [4.78, 5) is 45.8. The predicted octanol–water partition coefficient (Wildman–Crippen LogP) is 2.99. The Balaban J connectivity index is 0.00000361. The largest absolute Gasteiger partial charge is 0.354 e. The van der Waals surface area contributed by atoms with Crippen molar-refractivity contribution in [3.63, 3.8) is 0 Å². The molecule has 10 heteroatoms. The van der Waals surface area contributed by atoms with Crippen molar-refractivity contribution in [3.8, 4) is 0 Å². The van der Waals surface area contributed by atoms with E-state index in [1.54, 1.807) is 37.1 Å². The van der Waals surface area contributed by atoms with Crippen molar-refractivity contribution in [3.05, 3.63) is 46.5 Å². The van der Waals surface area contributed by atoms with Crippen LogP contribution in [0.25, 0.3) is 11.0 Å². The highest BCUT2D eigenvalue weighted by atomic mass is 16.2. The maximum absolute atomic E-state index is 13.4. The molecule has 1 aliphatic heterocycles. The maximum Gasteiger partial charge on any atom is 0.265 e. The molecule has 0 saturated carbocycles. The third-order valence-corrected chi connectivity index (χ3v) is 6.55. The van der Waals surface area contributed by atoms with Crippen molar-refractivity contribution < 1.29 is 6.22 Å². The van der Waals surface area contributed by atoms with Crippen molar-refractivity contribution in [1.82, 2.24) is 29.3 Å². The van der Waals surface area contributed by atoms with Crippen LogP contribution < -0.4 is 15.8 Å². The number of pyridine rings is 2. The van der Waals surface area contributed by atoms with Crippen LogP contribution in [0.1, 0.15) is 44.5 Å². The summed E-state index contributed by atoms with van der Waals surface area (Å²) in [6.45, 7) is 8.01. The Morgan fingerprint density at radius 2 is 1.83 bits per heavy atom. The Morgan fingerprint density at radius 3 is 2.43 bits per heavy atom. The fourth-order valence-corrected chi connectivity index (χ4v) is 4.38. The molecule has 1 N–H and O–H groups in total. The molecule has 4 heterocycles. The quantitative estimate of drug-likeness (QED) is 0.551. The molecule has 1 aliphatic rings. The van der Waals surface area contributed by atoms with Crippen LogP contribution in [0.4, 0.5) is 17.5 Å². The van der Waals surface area contributed by atoms with Gasteiger partial charge in [-0.25, -0.2) is 9.97 Å². The van der Waals surface area contributed by atoms with Gasteiger partial charge >= 0.3 is 0 Å².